The van der Waals surface area contributed by atoms with E-state index in [0.29, 0.717) is 0 Å². The third-order valence-electron chi connectivity index (χ3n) is 1.53. The van der Waals surface area contributed by atoms with E-state index in [9.17, 15) is 0 Å². The summed E-state index contributed by atoms with van der Waals surface area (Å²) in [6, 6.07) is 0.0694. The fourth-order valence-corrected chi connectivity index (χ4v) is 0.969. The molecule has 1 saturated carbocycles. The van der Waals surface area contributed by atoms with Crippen LogP contribution in [0.25, 0.3) is 0 Å². The van der Waals surface area contributed by atoms with Gasteiger partial charge in [0.05, 0.1) is 6.10 Å². The highest BCUT2D eigenvalue weighted by Gasteiger charge is 2.20. The Morgan fingerprint density at radius 3 is 2.12 bits per heavy atom. The van der Waals surface area contributed by atoms with Crippen LogP contribution in [0.4, 0.5) is 0 Å². The van der Waals surface area contributed by atoms with Gasteiger partial charge in [-0.1, -0.05) is 0 Å². The Labute approximate surface area is 55.5 Å². The Hall–Kier alpha value is 0.210. The lowest BCUT2D eigenvalue weighted by Crippen LogP contribution is -2.28. The van der Waals surface area contributed by atoms with Gasteiger partial charge in [0.2, 0.25) is 0 Å². The predicted molar refractivity (Wildman–Crippen MR) is 35.1 cm³/mol. The zero-order chi connectivity index (χ0) is 5.28. The van der Waals surface area contributed by atoms with Crippen molar-refractivity contribution in [2.24, 2.45) is 5.73 Å². The average molecular weight is 138 g/mol. The van der Waals surface area contributed by atoms with E-state index in [0.717, 1.165) is 19.3 Å². The molecule has 0 heterocycles. The molecule has 2 nitrogen and oxygen atoms in total. The standard InChI is InChI=1S/C5H11NO.ClH/c6-4-2-1-3-5(4)7;/h4-5,7H,1-3,6H2;1H/t4?,5-;/m1./s1. The van der Waals surface area contributed by atoms with Crippen LogP contribution in [0.1, 0.15) is 19.3 Å². The van der Waals surface area contributed by atoms with Crippen LogP contribution in [0.2, 0.25) is 0 Å². The summed E-state index contributed by atoms with van der Waals surface area (Å²) in [5, 5.41) is 8.87. The van der Waals surface area contributed by atoms with Crippen molar-refractivity contribution in [2.45, 2.75) is 31.4 Å². The number of nitrogens with two attached hydrogens (primary N) is 1. The van der Waals surface area contributed by atoms with Gasteiger partial charge in [0.1, 0.15) is 0 Å². The number of aliphatic hydroxyl groups excluding tert-OH is 1. The number of hydrogen-bond acceptors (Lipinski definition) is 2. The van der Waals surface area contributed by atoms with E-state index in [1.165, 1.54) is 0 Å². The van der Waals surface area contributed by atoms with Crippen molar-refractivity contribution in [1.29, 1.82) is 0 Å². The number of aliphatic hydroxyl groups is 1. The summed E-state index contributed by atoms with van der Waals surface area (Å²) in [5.74, 6) is 0. The predicted octanol–water partition coefficient (Wildman–Crippen LogP) is 0.280. The first-order chi connectivity index (χ1) is 3.30. The smallest absolute Gasteiger partial charge is 0.0691 e. The van der Waals surface area contributed by atoms with Gasteiger partial charge in [0.15, 0.2) is 0 Å². The molecule has 0 aromatic carbocycles. The largest absolute Gasteiger partial charge is 0.392 e. The molecule has 2 atom stereocenters. The van der Waals surface area contributed by atoms with Crippen molar-refractivity contribution in [1.82, 2.24) is 0 Å². The normalized spacial score (nSPS) is 36.8. The van der Waals surface area contributed by atoms with E-state index < -0.39 is 0 Å². The molecule has 3 heteroatoms. The van der Waals surface area contributed by atoms with Crippen molar-refractivity contribution in [3.8, 4) is 0 Å². The molecule has 0 saturated heterocycles. The van der Waals surface area contributed by atoms with Crippen LogP contribution in [-0.4, -0.2) is 17.3 Å². The average Bonchev–Trinajstić information content (AvgIpc) is 1.91. The van der Waals surface area contributed by atoms with Gasteiger partial charge >= 0.3 is 0 Å². The molecule has 0 spiro atoms. The first-order valence-electron chi connectivity index (χ1n) is 2.74. The van der Waals surface area contributed by atoms with Crippen LogP contribution >= 0.6 is 12.4 Å². The van der Waals surface area contributed by atoms with Crippen LogP contribution < -0.4 is 5.73 Å². The Morgan fingerprint density at radius 1 is 1.38 bits per heavy atom. The third-order valence-corrected chi connectivity index (χ3v) is 1.53. The van der Waals surface area contributed by atoms with Crippen LogP contribution in [0.15, 0.2) is 0 Å². The molecular weight excluding hydrogens is 126 g/mol. The lowest BCUT2D eigenvalue weighted by molar-refractivity contribution is 0.165. The Balaban J connectivity index is 0.000000490. The summed E-state index contributed by atoms with van der Waals surface area (Å²) in [7, 11) is 0. The molecule has 50 valence electrons. The maximum absolute atomic E-state index is 8.87. The molecular formula is C5H12ClNO. The van der Waals surface area contributed by atoms with Gasteiger partial charge in [0, 0.05) is 6.04 Å². The minimum atomic E-state index is -0.208. The van der Waals surface area contributed by atoms with E-state index in [1.54, 1.807) is 0 Å². The number of halogens is 1. The van der Waals surface area contributed by atoms with Crippen molar-refractivity contribution < 1.29 is 5.11 Å². The minimum absolute atomic E-state index is 0. The van der Waals surface area contributed by atoms with Gasteiger partial charge in [-0.25, -0.2) is 0 Å². The molecule has 0 aliphatic heterocycles. The van der Waals surface area contributed by atoms with Crippen molar-refractivity contribution in [3.63, 3.8) is 0 Å². The van der Waals surface area contributed by atoms with Crippen LogP contribution in [0, 0.1) is 0 Å². The molecule has 1 fully saturated rings. The lowest BCUT2D eigenvalue weighted by Gasteiger charge is -2.04. The second-order valence-corrected chi connectivity index (χ2v) is 2.16. The van der Waals surface area contributed by atoms with Crippen molar-refractivity contribution in [2.75, 3.05) is 0 Å². The van der Waals surface area contributed by atoms with Gasteiger partial charge in [-0.05, 0) is 19.3 Å². The minimum Gasteiger partial charge on any atom is -0.392 e. The summed E-state index contributed by atoms with van der Waals surface area (Å²) in [5.41, 5.74) is 5.43. The number of rotatable bonds is 0. The SMILES string of the molecule is Cl.NC1CCC[C@H]1O. The molecule has 3 N–H and O–H groups in total. The summed E-state index contributed by atoms with van der Waals surface area (Å²) >= 11 is 0. The molecule has 8 heavy (non-hydrogen) atoms. The van der Waals surface area contributed by atoms with Gasteiger partial charge < -0.3 is 10.8 Å². The molecule has 0 aromatic heterocycles. The van der Waals surface area contributed by atoms with E-state index in [1.807, 2.05) is 0 Å². The maximum Gasteiger partial charge on any atom is 0.0691 e. The highest BCUT2D eigenvalue weighted by molar-refractivity contribution is 5.85. The fourth-order valence-electron chi connectivity index (χ4n) is 0.969. The van der Waals surface area contributed by atoms with Crippen LogP contribution in [0.5, 0.6) is 0 Å². The zero-order valence-corrected chi connectivity index (χ0v) is 5.53. The maximum atomic E-state index is 8.87. The molecule has 0 aromatic rings. The molecule has 1 unspecified atom stereocenters. The van der Waals surface area contributed by atoms with Crippen LogP contribution in [-0.2, 0) is 0 Å². The second kappa shape index (κ2) is 3.28. The highest BCUT2D eigenvalue weighted by Crippen LogP contribution is 2.15. The topological polar surface area (TPSA) is 46.2 Å². The summed E-state index contributed by atoms with van der Waals surface area (Å²) in [6.45, 7) is 0. The summed E-state index contributed by atoms with van der Waals surface area (Å²) < 4.78 is 0. The molecule has 0 amide bonds. The first-order valence-corrected chi connectivity index (χ1v) is 2.74. The molecule has 0 radical (unpaired) electrons. The van der Waals surface area contributed by atoms with Gasteiger partial charge in [-0.2, -0.15) is 0 Å². The van der Waals surface area contributed by atoms with E-state index in [2.05, 4.69) is 0 Å². The quantitative estimate of drug-likeness (QED) is 0.504. The zero-order valence-electron chi connectivity index (χ0n) is 4.71. The van der Waals surface area contributed by atoms with Crippen LogP contribution in [0.3, 0.4) is 0 Å². The Bertz CT molecular complexity index is 61.4. The van der Waals surface area contributed by atoms with E-state index in [-0.39, 0.29) is 24.6 Å². The molecule has 1 aliphatic rings. The van der Waals surface area contributed by atoms with Crippen molar-refractivity contribution in [3.05, 3.63) is 0 Å². The molecule has 0 bridgehead atoms. The third kappa shape index (κ3) is 1.62. The monoisotopic (exact) mass is 137 g/mol. The second-order valence-electron chi connectivity index (χ2n) is 2.16. The van der Waals surface area contributed by atoms with Crippen molar-refractivity contribution >= 4 is 12.4 Å². The van der Waals surface area contributed by atoms with Gasteiger partial charge in [-0.3, -0.25) is 0 Å². The number of hydrogen-bond donors (Lipinski definition) is 2. The van der Waals surface area contributed by atoms with Gasteiger partial charge in [-0.15, -0.1) is 12.4 Å². The van der Waals surface area contributed by atoms with Gasteiger partial charge in [0.25, 0.3) is 0 Å². The Morgan fingerprint density at radius 2 is 2.00 bits per heavy atom. The van der Waals surface area contributed by atoms with E-state index >= 15 is 0 Å². The van der Waals surface area contributed by atoms with E-state index in [4.69, 9.17) is 10.8 Å². The first kappa shape index (κ1) is 8.21. The lowest BCUT2D eigenvalue weighted by atomic mass is 10.2. The highest BCUT2D eigenvalue weighted by atomic mass is 35.5. The molecule has 1 aliphatic carbocycles. The summed E-state index contributed by atoms with van der Waals surface area (Å²) in [6.07, 6.45) is 2.80. The fraction of sp³-hybridized carbons (Fsp3) is 1.00. The molecule has 1 rings (SSSR count). The summed E-state index contributed by atoms with van der Waals surface area (Å²) in [4.78, 5) is 0. The Kier molecular flexibility index (Phi) is 3.36.